The van der Waals surface area contributed by atoms with Gasteiger partial charge in [-0.15, -0.1) is 0 Å². The molecule has 3 heteroatoms. The van der Waals surface area contributed by atoms with Crippen LogP contribution in [0.5, 0.6) is 5.75 Å². The molecule has 1 atom stereocenters. The molecule has 0 aliphatic carbocycles. The van der Waals surface area contributed by atoms with E-state index < -0.39 is 6.10 Å². The molecule has 1 unspecified atom stereocenters. The van der Waals surface area contributed by atoms with E-state index in [2.05, 4.69) is 4.98 Å². The fraction of sp³-hybridized carbons (Fsp3) is 0.267. The molecule has 0 bridgehead atoms. The largest absolute Gasteiger partial charge is 0.494 e. The van der Waals surface area contributed by atoms with E-state index in [9.17, 15) is 5.11 Å². The average Bonchev–Trinajstić information content (AvgIpc) is 2.41. The summed E-state index contributed by atoms with van der Waals surface area (Å²) in [6.45, 7) is 2.60. The van der Waals surface area contributed by atoms with E-state index in [1.165, 1.54) is 0 Å². The topological polar surface area (TPSA) is 42.4 Å². The molecule has 2 aromatic rings. The highest BCUT2D eigenvalue weighted by Crippen LogP contribution is 2.20. The molecule has 0 aliphatic heterocycles. The van der Waals surface area contributed by atoms with Crippen molar-refractivity contribution in [1.82, 2.24) is 4.98 Å². The van der Waals surface area contributed by atoms with Gasteiger partial charge >= 0.3 is 0 Å². The van der Waals surface area contributed by atoms with E-state index in [0.29, 0.717) is 13.0 Å². The summed E-state index contributed by atoms with van der Waals surface area (Å²) in [6.07, 6.45) is 1.73. The maximum absolute atomic E-state index is 10.1. The average molecular weight is 243 g/mol. The van der Waals surface area contributed by atoms with Crippen LogP contribution < -0.4 is 4.74 Å². The van der Waals surface area contributed by atoms with Crippen molar-refractivity contribution in [2.24, 2.45) is 0 Å². The van der Waals surface area contributed by atoms with Gasteiger partial charge in [0.05, 0.1) is 12.7 Å². The van der Waals surface area contributed by atoms with E-state index in [4.69, 9.17) is 4.74 Å². The number of aromatic nitrogens is 1. The van der Waals surface area contributed by atoms with Gasteiger partial charge in [-0.3, -0.25) is 4.98 Å². The van der Waals surface area contributed by atoms with Crippen molar-refractivity contribution in [3.8, 4) is 5.75 Å². The SMILES string of the molecule is CCOc1ccc(C(O)Cc2ccccn2)cc1. The minimum atomic E-state index is -0.532. The number of hydrogen-bond donors (Lipinski definition) is 1. The van der Waals surface area contributed by atoms with Crippen LogP contribution in [0.3, 0.4) is 0 Å². The van der Waals surface area contributed by atoms with Crippen LogP contribution in [-0.4, -0.2) is 16.7 Å². The highest BCUT2D eigenvalue weighted by atomic mass is 16.5. The Labute approximate surface area is 107 Å². The van der Waals surface area contributed by atoms with Crippen molar-refractivity contribution in [1.29, 1.82) is 0 Å². The van der Waals surface area contributed by atoms with Gasteiger partial charge in [-0.1, -0.05) is 18.2 Å². The maximum Gasteiger partial charge on any atom is 0.119 e. The zero-order valence-corrected chi connectivity index (χ0v) is 10.4. The van der Waals surface area contributed by atoms with E-state index in [1.807, 2.05) is 49.4 Å². The molecule has 1 aromatic heterocycles. The fourth-order valence-electron chi connectivity index (χ4n) is 1.79. The summed E-state index contributed by atoms with van der Waals surface area (Å²) in [5.74, 6) is 0.825. The third-order valence-corrected chi connectivity index (χ3v) is 2.70. The number of hydrogen-bond acceptors (Lipinski definition) is 3. The van der Waals surface area contributed by atoms with Crippen LogP contribution in [0, 0.1) is 0 Å². The second-order valence-electron chi connectivity index (χ2n) is 4.04. The molecule has 0 aliphatic rings. The molecule has 0 fully saturated rings. The summed E-state index contributed by atoms with van der Waals surface area (Å²) in [5, 5.41) is 10.1. The summed E-state index contributed by atoms with van der Waals surface area (Å²) in [5.41, 5.74) is 1.77. The van der Waals surface area contributed by atoms with E-state index in [1.54, 1.807) is 6.20 Å². The highest BCUT2D eigenvalue weighted by molar-refractivity contribution is 5.29. The third kappa shape index (κ3) is 3.31. The normalized spacial score (nSPS) is 12.1. The number of ether oxygens (including phenoxy) is 1. The Balaban J connectivity index is 2.02. The van der Waals surface area contributed by atoms with Gasteiger partial charge in [0.2, 0.25) is 0 Å². The molecule has 0 saturated carbocycles. The predicted octanol–water partition coefficient (Wildman–Crippen LogP) is 2.76. The number of pyridine rings is 1. The Morgan fingerprint density at radius 3 is 2.56 bits per heavy atom. The zero-order chi connectivity index (χ0) is 12.8. The first-order valence-electron chi connectivity index (χ1n) is 6.10. The van der Waals surface area contributed by atoms with Gasteiger partial charge in [-0.2, -0.15) is 0 Å². The van der Waals surface area contributed by atoms with E-state index in [-0.39, 0.29) is 0 Å². The molecule has 3 nitrogen and oxygen atoms in total. The number of benzene rings is 1. The maximum atomic E-state index is 10.1. The number of rotatable bonds is 5. The number of nitrogens with zero attached hydrogens (tertiary/aromatic N) is 1. The Kier molecular flexibility index (Phi) is 4.31. The van der Waals surface area contributed by atoms with Crippen molar-refractivity contribution in [3.63, 3.8) is 0 Å². The molecule has 2 rings (SSSR count). The van der Waals surface area contributed by atoms with Crippen LogP contribution >= 0.6 is 0 Å². The van der Waals surface area contributed by atoms with Gasteiger partial charge in [0, 0.05) is 18.3 Å². The molecule has 0 spiro atoms. The second kappa shape index (κ2) is 6.17. The van der Waals surface area contributed by atoms with Crippen molar-refractivity contribution in [3.05, 3.63) is 59.9 Å². The molecular weight excluding hydrogens is 226 g/mol. The van der Waals surface area contributed by atoms with Crippen molar-refractivity contribution < 1.29 is 9.84 Å². The van der Waals surface area contributed by atoms with Crippen LogP contribution in [0.2, 0.25) is 0 Å². The minimum absolute atomic E-state index is 0.523. The first kappa shape index (κ1) is 12.6. The summed E-state index contributed by atoms with van der Waals surface area (Å²) >= 11 is 0. The van der Waals surface area contributed by atoms with Crippen LogP contribution in [0.15, 0.2) is 48.7 Å². The third-order valence-electron chi connectivity index (χ3n) is 2.70. The van der Waals surface area contributed by atoms with Crippen molar-refractivity contribution in [2.75, 3.05) is 6.61 Å². The van der Waals surface area contributed by atoms with Gasteiger partial charge < -0.3 is 9.84 Å². The minimum Gasteiger partial charge on any atom is -0.494 e. The summed E-state index contributed by atoms with van der Waals surface area (Å²) in [6, 6.07) is 13.2. The standard InChI is InChI=1S/C15H17NO2/c1-2-18-14-8-6-12(7-9-14)15(17)11-13-5-3-4-10-16-13/h3-10,15,17H,2,11H2,1H3. The lowest BCUT2D eigenvalue weighted by Crippen LogP contribution is -2.03. The van der Waals surface area contributed by atoms with Crippen LogP contribution in [-0.2, 0) is 6.42 Å². The summed E-state index contributed by atoms with van der Waals surface area (Å²) < 4.78 is 5.36. The molecule has 1 aromatic carbocycles. The van der Waals surface area contributed by atoms with Crippen molar-refractivity contribution >= 4 is 0 Å². The molecule has 1 N–H and O–H groups in total. The van der Waals surface area contributed by atoms with Gasteiger partial charge in [0.1, 0.15) is 5.75 Å². The summed E-state index contributed by atoms with van der Waals surface area (Å²) in [7, 11) is 0. The van der Waals surface area contributed by atoms with Gasteiger partial charge in [0.15, 0.2) is 0 Å². The molecule has 0 amide bonds. The highest BCUT2D eigenvalue weighted by Gasteiger charge is 2.09. The zero-order valence-electron chi connectivity index (χ0n) is 10.4. The monoisotopic (exact) mass is 243 g/mol. The lowest BCUT2D eigenvalue weighted by atomic mass is 10.0. The van der Waals surface area contributed by atoms with E-state index in [0.717, 1.165) is 17.0 Å². The first-order valence-corrected chi connectivity index (χ1v) is 6.10. The lowest BCUT2D eigenvalue weighted by molar-refractivity contribution is 0.177. The predicted molar refractivity (Wildman–Crippen MR) is 70.5 cm³/mol. The van der Waals surface area contributed by atoms with Gasteiger partial charge in [-0.05, 0) is 36.8 Å². The molecular formula is C15H17NO2. The van der Waals surface area contributed by atoms with Crippen LogP contribution in [0.4, 0.5) is 0 Å². The quantitative estimate of drug-likeness (QED) is 0.878. The lowest BCUT2D eigenvalue weighted by Gasteiger charge is -2.11. The number of aliphatic hydroxyl groups is 1. The number of aliphatic hydroxyl groups excluding tert-OH is 1. The second-order valence-corrected chi connectivity index (χ2v) is 4.04. The smallest absolute Gasteiger partial charge is 0.119 e. The Hall–Kier alpha value is -1.87. The molecule has 94 valence electrons. The molecule has 0 radical (unpaired) electrons. The van der Waals surface area contributed by atoms with Gasteiger partial charge in [0.25, 0.3) is 0 Å². The Morgan fingerprint density at radius 2 is 1.94 bits per heavy atom. The molecule has 1 heterocycles. The fourth-order valence-corrected chi connectivity index (χ4v) is 1.79. The van der Waals surface area contributed by atoms with Gasteiger partial charge in [-0.25, -0.2) is 0 Å². The summed E-state index contributed by atoms with van der Waals surface area (Å²) in [4.78, 5) is 4.21. The molecule has 18 heavy (non-hydrogen) atoms. The van der Waals surface area contributed by atoms with E-state index >= 15 is 0 Å². The molecule has 0 saturated heterocycles. The Morgan fingerprint density at radius 1 is 1.17 bits per heavy atom. The Bertz CT molecular complexity index is 468. The van der Waals surface area contributed by atoms with Crippen LogP contribution in [0.25, 0.3) is 0 Å². The van der Waals surface area contributed by atoms with Crippen LogP contribution in [0.1, 0.15) is 24.3 Å². The van der Waals surface area contributed by atoms with Crippen molar-refractivity contribution in [2.45, 2.75) is 19.4 Å². The first-order chi connectivity index (χ1) is 8.79.